The molecule has 2 aromatic heterocycles. The van der Waals surface area contributed by atoms with E-state index in [-0.39, 0.29) is 0 Å². The van der Waals surface area contributed by atoms with Crippen molar-refractivity contribution in [2.24, 2.45) is 0 Å². The number of aryl methyl sites for hydroxylation is 1. The Morgan fingerprint density at radius 1 is 1.20 bits per heavy atom. The lowest BCUT2D eigenvalue weighted by Gasteiger charge is -2.10. The van der Waals surface area contributed by atoms with Gasteiger partial charge in [-0.3, -0.25) is 0 Å². The van der Waals surface area contributed by atoms with E-state index in [0.717, 1.165) is 29.1 Å². The quantitative estimate of drug-likeness (QED) is 0.799. The smallest absolute Gasteiger partial charge is 0.223 e. The van der Waals surface area contributed by atoms with Crippen LogP contribution < -0.4 is 10.6 Å². The second-order valence-corrected chi connectivity index (χ2v) is 5.01. The summed E-state index contributed by atoms with van der Waals surface area (Å²) in [7, 11) is 0. The zero-order valence-electron chi connectivity index (χ0n) is 11.5. The molecule has 0 spiro atoms. The number of aromatic nitrogens is 4. The summed E-state index contributed by atoms with van der Waals surface area (Å²) in [4.78, 5) is 12.6. The van der Waals surface area contributed by atoms with Crippen molar-refractivity contribution in [3.8, 4) is 0 Å². The zero-order valence-corrected chi connectivity index (χ0v) is 13.1. The summed E-state index contributed by atoms with van der Waals surface area (Å²) in [6, 6.07) is 0. The third-order valence-electron chi connectivity index (χ3n) is 2.54. The topological polar surface area (TPSA) is 88.8 Å². The number of halogens is 1. The maximum Gasteiger partial charge on any atom is 0.223 e. The molecule has 0 atom stereocenters. The van der Waals surface area contributed by atoms with Gasteiger partial charge in [-0.05, 0) is 22.4 Å². The molecule has 8 heteroatoms. The van der Waals surface area contributed by atoms with Gasteiger partial charge < -0.3 is 15.2 Å². The second kappa shape index (κ2) is 7.18. The number of hydrogen-bond acceptors (Lipinski definition) is 7. The number of nitrogens with one attached hydrogen (secondary N) is 2. The van der Waals surface area contributed by atoms with Crippen molar-refractivity contribution in [1.82, 2.24) is 20.1 Å². The van der Waals surface area contributed by atoms with Crippen LogP contribution in [0.25, 0.3) is 0 Å². The highest BCUT2D eigenvalue weighted by molar-refractivity contribution is 9.10. The molecule has 0 unspecified atom stereocenters. The maximum atomic E-state index is 4.92. The number of hydrogen-bond donors (Lipinski definition) is 2. The van der Waals surface area contributed by atoms with Crippen LogP contribution in [0.4, 0.5) is 11.6 Å². The lowest BCUT2D eigenvalue weighted by atomic mass is 10.4. The van der Waals surface area contributed by atoms with E-state index in [1.54, 1.807) is 6.92 Å². The Balaban J connectivity index is 1.92. The standard InChI is InChI=1S/C12H17BrN6O/c1-3-5-14-11-10(13)12(17-7-16-11)15-6-4-9-18-8(2)20-19-9/h7H,3-6H2,1-2H3,(H2,14,15,16,17). The average molecular weight is 341 g/mol. The fourth-order valence-corrected chi connectivity index (χ4v) is 2.08. The van der Waals surface area contributed by atoms with E-state index >= 15 is 0 Å². The lowest BCUT2D eigenvalue weighted by Crippen LogP contribution is -2.10. The molecule has 0 amide bonds. The lowest BCUT2D eigenvalue weighted by molar-refractivity contribution is 0.387. The van der Waals surface area contributed by atoms with E-state index in [2.05, 4.69) is 53.6 Å². The van der Waals surface area contributed by atoms with Crippen LogP contribution in [0.5, 0.6) is 0 Å². The summed E-state index contributed by atoms with van der Waals surface area (Å²) >= 11 is 3.50. The first-order valence-electron chi connectivity index (χ1n) is 6.48. The van der Waals surface area contributed by atoms with Gasteiger partial charge >= 0.3 is 0 Å². The Morgan fingerprint density at radius 2 is 1.90 bits per heavy atom. The molecular weight excluding hydrogens is 324 g/mol. The SMILES string of the molecule is CCCNc1ncnc(NCCc2noc(C)n2)c1Br. The van der Waals surface area contributed by atoms with Gasteiger partial charge in [0.15, 0.2) is 5.82 Å². The first-order valence-corrected chi connectivity index (χ1v) is 7.27. The van der Waals surface area contributed by atoms with E-state index < -0.39 is 0 Å². The summed E-state index contributed by atoms with van der Waals surface area (Å²) < 4.78 is 5.75. The van der Waals surface area contributed by atoms with E-state index in [0.29, 0.717) is 24.7 Å². The zero-order chi connectivity index (χ0) is 14.4. The highest BCUT2D eigenvalue weighted by atomic mass is 79.9. The Labute approximate surface area is 125 Å². The van der Waals surface area contributed by atoms with Gasteiger partial charge in [-0.2, -0.15) is 4.98 Å². The average Bonchev–Trinajstić information content (AvgIpc) is 2.85. The van der Waals surface area contributed by atoms with E-state index in [1.165, 1.54) is 6.33 Å². The van der Waals surface area contributed by atoms with Gasteiger partial charge in [-0.1, -0.05) is 12.1 Å². The number of anilines is 2. The van der Waals surface area contributed by atoms with Gasteiger partial charge in [-0.25, -0.2) is 9.97 Å². The van der Waals surface area contributed by atoms with Crippen molar-refractivity contribution in [2.45, 2.75) is 26.7 Å². The molecule has 2 N–H and O–H groups in total. The summed E-state index contributed by atoms with van der Waals surface area (Å²) in [5, 5.41) is 10.3. The van der Waals surface area contributed by atoms with E-state index in [9.17, 15) is 0 Å². The first kappa shape index (κ1) is 14.7. The van der Waals surface area contributed by atoms with Gasteiger partial charge in [0.1, 0.15) is 22.4 Å². The molecule has 0 aliphatic rings. The molecule has 2 aromatic rings. The second-order valence-electron chi connectivity index (χ2n) is 4.22. The van der Waals surface area contributed by atoms with Crippen molar-refractivity contribution in [3.63, 3.8) is 0 Å². The van der Waals surface area contributed by atoms with E-state index in [4.69, 9.17) is 4.52 Å². The number of rotatable bonds is 7. The molecule has 0 aliphatic carbocycles. The Hall–Kier alpha value is -1.70. The van der Waals surface area contributed by atoms with Crippen LogP contribution in [-0.2, 0) is 6.42 Å². The van der Waals surface area contributed by atoms with Gasteiger partial charge in [0.05, 0.1) is 0 Å². The third-order valence-corrected chi connectivity index (χ3v) is 3.29. The predicted octanol–water partition coefficient (Wildman–Crippen LogP) is 2.41. The first-order chi connectivity index (χ1) is 9.70. The molecule has 20 heavy (non-hydrogen) atoms. The molecule has 0 bridgehead atoms. The molecule has 0 saturated heterocycles. The van der Waals surface area contributed by atoms with Crippen molar-refractivity contribution in [3.05, 3.63) is 22.5 Å². The van der Waals surface area contributed by atoms with Crippen LogP contribution in [0.15, 0.2) is 15.3 Å². The molecular formula is C12H17BrN6O. The molecule has 0 radical (unpaired) electrons. The van der Waals surface area contributed by atoms with Crippen molar-refractivity contribution in [2.75, 3.05) is 23.7 Å². The fourth-order valence-electron chi connectivity index (χ4n) is 1.60. The van der Waals surface area contributed by atoms with Crippen LogP contribution in [0.2, 0.25) is 0 Å². The molecule has 0 fully saturated rings. The van der Waals surface area contributed by atoms with Crippen LogP contribution in [-0.4, -0.2) is 33.2 Å². The highest BCUT2D eigenvalue weighted by Crippen LogP contribution is 2.26. The van der Waals surface area contributed by atoms with Crippen molar-refractivity contribution >= 4 is 27.6 Å². The van der Waals surface area contributed by atoms with Crippen LogP contribution >= 0.6 is 15.9 Å². The summed E-state index contributed by atoms with van der Waals surface area (Å²) in [5.41, 5.74) is 0. The van der Waals surface area contributed by atoms with Crippen molar-refractivity contribution in [1.29, 1.82) is 0 Å². The molecule has 0 aliphatic heterocycles. The van der Waals surface area contributed by atoms with Gasteiger partial charge in [0.25, 0.3) is 0 Å². The maximum absolute atomic E-state index is 4.92. The van der Waals surface area contributed by atoms with Crippen molar-refractivity contribution < 1.29 is 4.52 Å². The van der Waals surface area contributed by atoms with Gasteiger partial charge in [0, 0.05) is 26.4 Å². The molecule has 7 nitrogen and oxygen atoms in total. The Bertz CT molecular complexity index is 559. The minimum absolute atomic E-state index is 0.578. The minimum atomic E-state index is 0.578. The summed E-state index contributed by atoms with van der Waals surface area (Å²) in [6.07, 6.45) is 3.24. The Kier molecular flexibility index (Phi) is 5.28. The van der Waals surface area contributed by atoms with Crippen LogP contribution in [0, 0.1) is 6.92 Å². The monoisotopic (exact) mass is 340 g/mol. The predicted molar refractivity (Wildman–Crippen MR) is 79.7 cm³/mol. The Morgan fingerprint density at radius 3 is 2.50 bits per heavy atom. The van der Waals surface area contributed by atoms with Gasteiger partial charge in [-0.15, -0.1) is 0 Å². The molecule has 0 saturated carbocycles. The molecule has 0 aromatic carbocycles. The molecule has 2 heterocycles. The van der Waals surface area contributed by atoms with E-state index in [1.807, 2.05) is 0 Å². The largest absolute Gasteiger partial charge is 0.369 e. The number of nitrogens with zero attached hydrogens (tertiary/aromatic N) is 4. The third kappa shape index (κ3) is 3.89. The van der Waals surface area contributed by atoms with Crippen LogP contribution in [0.1, 0.15) is 25.1 Å². The highest BCUT2D eigenvalue weighted by Gasteiger charge is 2.08. The summed E-state index contributed by atoms with van der Waals surface area (Å²) in [5.74, 6) is 2.80. The summed E-state index contributed by atoms with van der Waals surface area (Å²) in [6.45, 7) is 5.42. The van der Waals surface area contributed by atoms with Crippen LogP contribution in [0.3, 0.4) is 0 Å². The normalized spacial score (nSPS) is 10.6. The molecule has 108 valence electrons. The minimum Gasteiger partial charge on any atom is -0.369 e. The van der Waals surface area contributed by atoms with Gasteiger partial charge in [0.2, 0.25) is 5.89 Å². The molecule has 2 rings (SSSR count). The fraction of sp³-hybridized carbons (Fsp3) is 0.500.